The number of fused-ring (bicyclic) bond motifs is 1. The zero-order chi connectivity index (χ0) is 17.2. The lowest BCUT2D eigenvalue weighted by Gasteiger charge is -2.21. The molecule has 23 heavy (non-hydrogen) atoms. The van der Waals surface area contributed by atoms with E-state index in [1.165, 1.54) is 12.1 Å². The third-order valence-corrected chi connectivity index (χ3v) is 5.74. The molecule has 1 aliphatic carbocycles. The molecule has 126 valence electrons. The molecule has 0 bridgehead atoms. The predicted molar refractivity (Wildman–Crippen MR) is 84.9 cm³/mol. The van der Waals surface area contributed by atoms with Crippen LogP contribution in [0.25, 0.3) is 0 Å². The van der Waals surface area contributed by atoms with Crippen molar-refractivity contribution in [3.63, 3.8) is 0 Å². The van der Waals surface area contributed by atoms with Crippen molar-refractivity contribution < 1.29 is 23.1 Å². The summed E-state index contributed by atoms with van der Waals surface area (Å²) in [5, 5.41) is 9.24. The van der Waals surface area contributed by atoms with Gasteiger partial charge in [-0.1, -0.05) is 26.3 Å². The van der Waals surface area contributed by atoms with Gasteiger partial charge in [-0.3, -0.25) is 9.59 Å². The first-order valence-corrected chi connectivity index (χ1v) is 9.16. The molecule has 0 amide bonds. The van der Waals surface area contributed by atoms with Crippen LogP contribution in [0.2, 0.25) is 0 Å². The Morgan fingerprint density at radius 2 is 2.04 bits per heavy atom. The molecule has 1 aliphatic rings. The Kier molecular flexibility index (Phi) is 5.21. The quantitative estimate of drug-likeness (QED) is 0.825. The molecule has 1 aromatic carbocycles. The SMILES string of the molecule is CC[C@H](C)[C@H](NS(=O)(=O)c1ccc2c(c1)C(=O)CCC2)C(=O)O. The number of Topliss-reactive ketones (excluding diaryl/α,β-unsaturated/α-hetero) is 1. The number of benzene rings is 1. The lowest BCUT2D eigenvalue weighted by molar-refractivity contribution is -0.140. The highest BCUT2D eigenvalue weighted by Crippen LogP contribution is 2.24. The highest BCUT2D eigenvalue weighted by molar-refractivity contribution is 7.89. The molecule has 2 N–H and O–H groups in total. The van der Waals surface area contributed by atoms with E-state index in [1.54, 1.807) is 19.9 Å². The maximum atomic E-state index is 12.5. The van der Waals surface area contributed by atoms with E-state index in [4.69, 9.17) is 0 Å². The number of sulfonamides is 1. The number of carboxylic acids is 1. The molecule has 0 aliphatic heterocycles. The average molecular weight is 339 g/mol. The van der Waals surface area contributed by atoms with Crippen molar-refractivity contribution in [1.82, 2.24) is 4.72 Å². The third kappa shape index (κ3) is 3.79. The van der Waals surface area contributed by atoms with Gasteiger partial charge in [0.1, 0.15) is 6.04 Å². The molecule has 2 atom stereocenters. The molecule has 2 rings (SSSR count). The van der Waals surface area contributed by atoms with Gasteiger partial charge in [0, 0.05) is 12.0 Å². The van der Waals surface area contributed by atoms with Gasteiger partial charge in [0.05, 0.1) is 4.90 Å². The van der Waals surface area contributed by atoms with Crippen LogP contribution in [-0.2, 0) is 21.2 Å². The van der Waals surface area contributed by atoms with E-state index in [0.29, 0.717) is 18.4 Å². The summed E-state index contributed by atoms with van der Waals surface area (Å²) in [6.45, 7) is 3.48. The van der Waals surface area contributed by atoms with Crippen LogP contribution in [0.3, 0.4) is 0 Å². The number of carbonyl (C=O) groups excluding carboxylic acids is 1. The van der Waals surface area contributed by atoms with Gasteiger partial charge in [-0.25, -0.2) is 8.42 Å². The van der Waals surface area contributed by atoms with Crippen LogP contribution >= 0.6 is 0 Å². The maximum absolute atomic E-state index is 12.5. The monoisotopic (exact) mass is 339 g/mol. The maximum Gasteiger partial charge on any atom is 0.322 e. The van der Waals surface area contributed by atoms with Crippen LogP contribution in [0.1, 0.15) is 49.0 Å². The lowest BCUT2D eigenvalue weighted by Crippen LogP contribution is -2.44. The minimum absolute atomic E-state index is 0.0685. The van der Waals surface area contributed by atoms with Crippen LogP contribution in [0.4, 0.5) is 0 Å². The zero-order valence-electron chi connectivity index (χ0n) is 13.2. The molecule has 7 heteroatoms. The predicted octanol–water partition coefficient (Wildman–Crippen LogP) is 1.98. The van der Waals surface area contributed by atoms with Crippen LogP contribution < -0.4 is 4.72 Å². The molecule has 0 unspecified atom stereocenters. The first-order chi connectivity index (χ1) is 10.8. The minimum Gasteiger partial charge on any atom is -0.480 e. The molecule has 0 fully saturated rings. The van der Waals surface area contributed by atoms with E-state index in [9.17, 15) is 23.1 Å². The summed E-state index contributed by atoms with van der Waals surface area (Å²) in [7, 11) is -4.00. The summed E-state index contributed by atoms with van der Waals surface area (Å²) in [5.74, 6) is -1.63. The largest absolute Gasteiger partial charge is 0.480 e. The van der Waals surface area contributed by atoms with E-state index in [1.807, 2.05) is 0 Å². The van der Waals surface area contributed by atoms with E-state index in [2.05, 4.69) is 4.72 Å². The second-order valence-electron chi connectivity index (χ2n) is 5.92. The van der Waals surface area contributed by atoms with Gasteiger partial charge in [0.25, 0.3) is 0 Å². The highest BCUT2D eigenvalue weighted by atomic mass is 32.2. The van der Waals surface area contributed by atoms with E-state index < -0.39 is 22.0 Å². The minimum atomic E-state index is -4.00. The molecule has 0 aromatic heterocycles. The number of rotatable bonds is 6. The number of ketones is 1. The van der Waals surface area contributed by atoms with E-state index >= 15 is 0 Å². The van der Waals surface area contributed by atoms with Gasteiger partial charge in [-0.15, -0.1) is 0 Å². The van der Waals surface area contributed by atoms with Crippen LogP contribution in [-0.4, -0.2) is 31.3 Å². The molecule has 0 saturated carbocycles. The Bertz CT molecular complexity index is 726. The highest BCUT2D eigenvalue weighted by Gasteiger charge is 2.30. The van der Waals surface area contributed by atoms with Crippen molar-refractivity contribution in [2.45, 2.75) is 50.5 Å². The summed E-state index contributed by atoms with van der Waals surface area (Å²) in [6, 6.07) is 3.22. The second-order valence-corrected chi connectivity index (χ2v) is 7.63. The standard InChI is InChI=1S/C16H21NO5S/c1-3-10(2)15(16(19)20)17-23(21,22)12-8-7-11-5-4-6-14(18)13(11)9-12/h7-10,15,17H,3-6H2,1-2H3,(H,19,20)/t10-,15-/m0/s1. The fourth-order valence-electron chi connectivity index (χ4n) is 2.66. The first kappa shape index (κ1) is 17.6. The number of hydrogen-bond acceptors (Lipinski definition) is 4. The number of carbonyl (C=O) groups is 2. The number of aliphatic carboxylic acids is 1. The van der Waals surface area contributed by atoms with E-state index in [0.717, 1.165) is 18.4 Å². The molecule has 1 aromatic rings. The molecule has 0 heterocycles. The number of carboxylic acid groups (broad SMARTS) is 1. The summed E-state index contributed by atoms with van der Waals surface area (Å²) in [4.78, 5) is 23.2. The average Bonchev–Trinajstić information content (AvgIpc) is 2.51. The summed E-state index contributed by atoms with van der Waals surface area (Å²) >= 11 is 0. The Labute approximate surface area is 136 Å². The van der Waals surface area contributed by atoms with Crippen molar-refractivity contribution in [3.05, 3.63) is 29.3 Å². The summed E-state index contributed by atoms with van der Waals surface area (Å²) in [5.41, 5.74) is 1.27. The van der Waals surface area contributed by atoms with Gasteiger partial charge < -0.3 is 5.11 Å². The molecule has 0 radical (unpaired) electrons. The van der Waals surface area contributed by atoms with Gasteiger partial charge in [-0.05, 0) is 36.5 Å². The molecule has 6 nitrogen and oxygen atoms in total. The topological polar surface area (TPSA) is 101 Å². The van der Waals surface area contributed by atoms with Crippen molar-refractivity contribution in [2.24, 2.45) is 5.92 Å². The van der Waals surface area contributed by atoms with Gasteiger partial charge in [0.15, 0.2) is 5.78 Å². The van der Waals surface area contributed by atoms with Gasteiger partial charge in [0.2, 0.25) is 10.0 Å². The van der Waals surface area contributed by atoms with Crippen LogP contribution in [0.5, 0.6) is 0 Å². The fourth-order valence-corrected chi connectivity index (χ4v) is 3.98. The number of nitrogens with one attached hydrogen (secondary N) is 1. The number of aryl methyl sites for hydroxylation is 1. The summed E-state index contributed by atoms with van der Waals surface area (Å²) in [6.07, 6.45) is 2.46. The first-order valence-electron chi connectivity index (χ1n) is 7.67. The van der Waals surface area contributed by atoms with Gasteiger partial charge in [-0.2, -0.15) is 4.72 Å². The summed E-state index contributed by atoms with van der Waals surface area (Å²) < 4.78 is 27.2. The Hall–Kier alpha value is -1.73. The molecular formula is C16H21NO5S. The fraction of sp³-hybridized carbons (Fsp3) is 0.500. The van der Waals surface area contributed by atoms with Crippen molar-refractivity contribution >= 4 is 21.8 Å². The van der Waals surface area contributed by atoms with Crippen molar-refractivity contribution in [1.29, 1.82) is 0 Å². The molecule has 0 saturated heterocycles. The number of hydrogen-bond donors (Lipinski definition) is 2. The van der Waals surface area contributed by atoms with E-state index in [-0.39, 0.29) is 16.6 Å². The van der Waals surface area contributed by atoms with Crippen molar-refractivity contribution in [2.75, 3.05) is 0 Å². The van der Waals surface area contributed by atoms with Crippen LogP contribution in [0, 0.1) is 5.92 Å². The van der Waals surface area contributed by atoms with Crippen molar-refractivity contribution in [3.8, 4) is 0 Å². The smallest absolute Gasteiger partial charge is 0.322 e. The Morgan fingerprint density at radius 1 is 1.35 bits per heavy atom. The lowest BCUT2D eigenvalue weighted by atomic mass is 9.91. The normalized spacial score (nSPS) is 17.4. The van der Waals surface area contributed by atoms with Gasteiger partial charge >= 0.3 is 5.97 Å². The Balaban J connectivity index is 2.34. The third-order valence-electron chi connectivity index (χ3n) is 4.30. The Morgan fingerprint density at radius 3 is 2.65 bits per heavy atom. The zero-order valence-corrected chi connectivity index (χ0v) is 14.0. The molecule has 0 spiro atoms. The van der Waals surface area contributed by atoms with Crippen LogP contribution in [0.15, 0.2) is 23.1 Å². The second kappa shape index (κ2) is 6.80. The molecular weight excluding hydrogens is 318 g/mol.